The summed E-state index contributed by atoms with van der Waals surface area (Å²) in [5.41, 5.74) is 1.19. The number of carbonyl (C=O) groups is 1. The van der Waals surface area contributed by atoms with Gasteiger partial charge in [0.05, 0.1) is 0 Å². The lowest BCUT2D eigenvalue weighted by molar-refractivity contribution is -0.117. The van der Waals surface area contributed by atoms with Gasteiger partial charge in [-0.2, -0.15) is 0 Å². The molecule has 1 aromatic rings. The first-order chi connectivity index (χ1) is 7.59. The zero-order valence-corrected chi connectivity index (χ0v) is 10.3. The first kappa shape index (κ1) is 12.7. The third-order valence-corrected chi connectivity index (χ3v) is 2.71. The zero-order valence-electron chi connectivity index (χ0n) is 10.3. The van der Waals surface area contributed by atoms with Crippen LogP contribution in [0, 0.1) is 11.8 Å². The van der Waals surface area contributed by atoms with Crippen molar-refractivity contribution in [3.05, 3.63) is 42.0 Å². The van der Waals surface area contributed by atoms with E-state index in [4.69, 9.17) is 0 Å². The van der Waals surface area contributed by atoms with Crippen molar-refractivity contribution in [1.82, 2.24) is 0 Å². The van der Waals surface area contributed by atoms with Crippen molar-refractivity contribution in [1.29, 1.82) is 0 Å². The predicted molar refractivity (Wildman–Crippen MR) is 69.1 cm³/mol. The van der Waals surface area contributed by atoms with Gasteiger partial charge in [-0.05, 0) is 24.3 Å². The average molecular weight is 216 g/mol. The van der Waals surface area contributed by atoms with Crippen molar-refractivity contribution in [3.63, 3.8) is 0 Å². The highest BCUT2D eigenvalue weighted by Gasteiger charge is 2.11. The summed E-state index contributed by atoms with van der Waals surface area (Å²) < 4.78 is 0. The summed E-state index contributed by atoms with van der Waals surface area (Å²) in [7, 11) is 0. The standard InChI is InChI=1S/C15H20O/c1-12(2)15(11-13(3)16)10-9-14-7-5-4-6-8-14/h4-10,12,15H,11H2,1-3H3/b10-9+/t15-/m1/s1. The van der Waals surface area contributed by atoms with Crippen LogP contribution in [-0.4, -0.2) is 5.78 Å². The van der Waals surface area contributed by atoms with E-state index in [1.165, 1.54) is 5.56 Å². The fourth-order valence-corrected chi connectivity index (χ4v) is 1.66. The molecule has 0 fully saturated rings. The van der Waals surface area contributed by atoms with Crippen LogP contribution in [0.1, 0.15) is 32.8 Å². The van der Waals surface area contributed by atoms with E-state index in [0.717, 1.165) is 0 Å². The molecule has 0 unspecified atom stereocenters. The molecule has 0 bridgehead atoms. The van der Waals surface area contributed by atoms with E-state index in [9.17, 15) is 4.79 Å². The molecule has 0 aliphatic rings. The van der Waals surface area contributed by atoms with Gasteiger partial charge in [0, 0.05) is 6.42 Å². The molecule has 0 heterocycles. The number of allylic oxidation sites excluding steroid dienone is 1. The van der Waals surface area contributed by atoms with Crippen LogP contribution in [-0.2, 0) is 4.79 Å². The van der Waals surface area contributed by atoms with Crippen molar-refractivity contribution in [2.24, 2.45) is 11.8 Å². The minimum Gasteiger partial charge on any atom is -0.300 e. The fourth-order valence-electron chi connectivity index (χ4n) is 1.66. The number of Topliss-reactive ketones (excluding diaryl/α,β-unsaturated/α-hetero) is 1. The number of carbonyl (C=O) groups excluding carboxylic acids is 1. The molecule has 0 N–H and O–H groups in total. The smallest absolute Gasteiger partial charge is 0.130 e. The number of hydrogen-bond acceptors (Lipinski definition) is 1. The van der Waals surface area contributed by atoms with Gasteiger partial charge in [-0.15, -0.1) is 0 Å². The second-order valence-corrected chi connectivity index (χ2v) is 4.58. The van der Waals surface area contributed by atoms with E-state index in [0.29, 0.717) is 18.3 Å². The molecule has 0 amide bonds. The molecule has 86 valence electrons. The van der Waals surface area contributed by atoms with Crippen LogP contribution in [0.4, 0.5) is 0 Å². The molecule has 1 atom stereocenters. The van der Waals surface area contributed by atoms with E-state index in [1.807, 2.05) is 18.2 Å². The molecule has 0 saturated heterocycles. The van der Waals surface area contributed by atoms with Crippen LogP contribution in [0.2, 0.25) is 0 Å². The topological polar surface area (TPSA) is 17.1 Å². The molecule has 0 saturated carbocycles. The van der Waals surface area contributed by atoms with Crippen LogP contribution >= 0.6 is 0 Å². The van der Waals surface area contributed by atoms with Crippen LogP contribution < -0.4 is 0 Å². The number of ketones is 1. The minimum absolute atomic E-state index is 0.261. The van der Waals surface area contributed by atoms with E-state index < -0.39 is 0 Å². The Kier molecular flexibility index (Phi) is 4.97. The first-order valence-electron chi connectivity index (χ1n) is 5.82. The van der Waals surface area contributed by atoms with Crippen molar-refractivity contribution >= 4 is 11.9 Å². The monoisotopic (exact) mass is 216 g/mol. The first-order valence-corrected chi connectivity index (χ1v) is 5.82. The van der Waals surface area contributed by atoms with Gasteiger partial charge < -0.3 is 4.79 Å². The van der Waals surface area contributed by atoms with Gasteiger partial charge in [-0.1, -0.05) is 56.3 Å². The Morgan fingerprint density at radius 3 is 2.38 bits per heavy atom. The summed E-state index contributed by atoms with van der Waals surface area (Å²) in [6.07, 6.45) is 4.90. The lowest BCUT2D eigenvalue weighted by Gasteiger charge is -2.14. The van der Waals surface area contributed by atoms with Gasteiger partial charge in [0.25, 0.3) is 0 Å². The number of benzene rings is 1. The Labute approximate surface area is 98.2 Å². The maximum absolute atomic E-state index is 11.1. The van der Waals surface area contributed by atoms with Gasteiger partial charge >= 0.3 is 0 Å². The van der Waals surface area contributed by atoms with Gasteiger partial charge in [0.2, 0.25) is 0 Å². The summed E-state index contributed by atoms with van der Waals surface area (Å²) in [6.45, 7) is 5.97. The average Bonchev–Trinajstić information content (AvgIpc) is 2.25. The van der Waals surface area contributed by atoms with Crippen LogP contribution in [0.25, 0.3) is 6.08 Å². The molecule has 0 aromatic heterocycles. The van der Waals surface area contributed by atoms with Crippen LogP contribution in [0.5, 0.6) is 0 Å². The molecule has 0 aliphatic heterocycles. The van der Waals surface area contributed by atoms with Crippen LogP contribution in [0.15, 0.2) is 36.4 Å². The highest BCUT2D eigenvalue weighted by molar-refractivity contribution is 5.76. The largest absolute Gasteiger partial charge is 0.300 e. The SMILES string of the molecule is CC(=O)C[C@@H](/C=C/c1ccccc1)C(C)C. The molecule has 0 aliphatic carbocycles. The summed E-state index contributed by atoms with van der Waals surface area (Å²) in [6, 6.07) is 10.2. The van der Waals surface area contributed by atoms with Gasteiger partial charge in [0.15, 0.2) is 0 Å². The van der Waals surface area contributed by atoms with Crippen molar-refractivity contribution < 1.29 is 4.79 Å². The third kappa shape index (κ3) is 4.43. The van der Waals surface area contributed by atoms with E-state index in [2.05, 4.69) is 38.1 Å². The second-order valence-electron chi connectivity index (χ2n) is 4.58. The Bertz CT molecular complexity index is 349. The molecular weight excluding hydrogens is 196 g/mol. The summed E-state index contributed by atoms with van der Waals surface area (Å²) in [5, 5.41) is 0. The summed E-state index contributed by atoms with van der Waals surface area (Å²) in [4.78, 5) is 11.1. The molecule has 1 heteroatoms. The molecule has 0 radical (unpaired) electrons. The molecule has 1 nitrogen and oxygen atoms in total. The highest BCUT2D eigenvalue weighted by atomic mass is 16.1. The van der Waals surface area contributed by atoms with E-state index in [1.54, 1.807) is 6.92 Å². The Morgan fingerprint density at radius 1 is 1.25 bits per heavy atom. The van der Waals surface area contributed by atoms with Gasteiger partial charge in [0.1, 0.15) is 5.78 Å². The normalized spacial score (nSPS) is 13.2. The Hall–Kier alpha value is -1.37. The molecule has 1 rings (SSSR count). The van der Waals surface area contributed by atoms with Crippen molar-refractivity contribution in [2.75, 3.05) is 0 Å². The maximum atomic E-state index is 11.1. The molecular formula is C15H20O. The molecule has 0 spiro atoms. The van der Waals surface area contributed by atoms with E-state index >= 15 is 0 Å². The molecule has 1 aromatic carbocycles. The number of hydrogen-bond donors (Lipinski definition) is 0. The lowest BCUT2D eigenvalue weighted by atomic mass is 9.90. The maximum Gasteiger partial charge on any atom is 0.130 e. The lowest BCUT2D eigenvalue weighted by Crippen LogP contribution is -2.09. The van der Waals surface area contributed by atoms with Crippen molar-refractivity contribution in [3.8, 4) is 0 Å². The predicted octanol–water partition coefficient (Wildman–Crippen LogP) is 3.95. The van der Waals surface area contributed by atoms with E-state index in [-0.39, 0.29) is 5.78 Å². The molecule has 16 heavy (non-hydrogen) atoms. The number of rotatable bonds is 5. The summed E-state index contributed by atoms with van der Waals surface area (Å²) >= 11 is 0. The highest BCUT2D eigenvalue weighted by Crippen LogP contribution is 2.18. The second kappa shape index (κ2) is 6.26. The summed E-state index contributed by atoms with van der Waals surface area (Å²) in [5.74, 6) is 1.11. The van der Waals surface area contributed by atoms with Gasteiger partial charge in [-0.25, -0.2) is 0 Å². The zero-order chi connectivity index (χ0) is 12.0. The van der Waals surface area contributed by atoms with Gasteiger partial charge in [-0.3, -0.25) is 0 Å². The quantitative estimate of drug-likeness (QED) is 0.728. The third-order valence-electron chi connectivity index (χ3n) is 2.71. The Balaban J connectivity index is 2.68. The van der Waals surface area contributed by atoms with Crippen LogP contribution in [0.3, 0.4) is 0 Å². The minimum atomic E-state index is 0.261. The fraction of sp³-hybridized carbons (Fsp3) is 0.400. The van der Waals surface area contributed by atoms with Crippen molar-refractivity contribution in [2.45, 2.75) is 27.2 Å². The Morgan fingerprint density at radius 2 is 1.88 bits per heavy atom.